The van der Waals surface area contributed by atoms with Crippen molar-refractivity contribution in [3.05, 3.63) is 75.8 Å². The zero-order valence-corrected chi connectivity index (χ0v) is 18.4. The van der Waals surface area contributed by atoms with Gasteiger partial charge in [0.25, 0.3) is 5.91 Å². The molecule has 34 heavy (non-hydrogen) atoms. The van der Waals surface area contributed by atoms with E-state index in [9.17, 15) is 19.5 Å². The third-order valence-electron chi connectivity index (χ3n) is 6.30. The maximum Gasteiger partial charge on any atom is 0.339 e. The molecule has 174 valence electrons. The number of carbonyl (C=O) groups excluding carboxylic acids is 1. The quantitative estimate of drug-likeness (QED) is 0.364. The Labute approximate surface area is 194 Å². The van der Waals surface area contributed by atoms with E-state index in [1.165, 1.54) is 0 Å². The van der Waals surface area contributed by atoms with Gasteiger partial charge in [-0.05, 0) is 55.0 Å². The lowest BCUT2D eigenvalue weighted by atomic mass is 9.91. The van der Waals surface area contributed by atoms with E-state index in [0.29, 0.717) is 11.3 Å². The summed E-state index contributed by atoms with van der Waals surface area (Å²) in [6, 6.07) is 11.6. The second kappa shape index (κ2) is 9.05. The summed E-state index contributed by atoms with van der Waals surface area (Å²) in [5, 5.41) is 13.9. The molecule has 0 saturated carbocycles. The number of fused-ring (bicyclic) bond motifs is 4. The minimum atomic E-state index is -1.13. The maximum absolute atomic E-state index is 12.5. The van der Waals surface area contributed by atoms with Crippen molar-refractivity contribution < 1.29 is 23.8 Å². The van der Waals surface area contributed by atoms with Crippen LogP contribution in [-0.2, 0) is 28.9 Å². The third-order valence-corrected chi connectivity index (χ3v) is 6.30. The van der Waals surface area contributed by atoms with Crippen molar-refractivity contribution >= 4 is 33.7 Å². The lowest BCUT2D eigenvalue weighted by molar-refractivity contribution is -0.142. The average molecular weight is 460 g/mol. The van der Waals surface area contributed by atoms with Crippen molar-refractivity contribution in [2.45, 2.75) is 38.1 Å². The van der Waals surface area contributed by atoms with E-state index < -0.39 is 17.9 Å². The molecular formula is C26H24N2O6. The molecule has 1 atom stereocenters. The Hall–Kier alpha value is -4.07. The Kier molecular flexibility index (Phi) is 5.79. The molecular weight excluding hydrogens is 436 g/mol. The molecule has 2 aromatic heterocycles. The van der Waals surface area contributed by atoms with Crippen LogP contribution in [0.25, 0.3) is 21.9 Å². The molecule has 8 heteroatoms. The van der Waals surface area contributed by atoms with Gasteiger partial charge in [-0.25, -0.2) is 9.59 Å². The number of aliphatic carboxylic acids is 1. The van der Waals surface area contributed by atoms with Crippen molar-refractivity contribution in [2.75, 3.05) is 6.61 Å². The highest BCUT2D eigenvalue weighted by molar-refractivity contribution is 5.87. The second-order valence-corrected chi connectivity index (χ2v) is 8.52. The van der Waals surface area contributed by atoms with E-state index in [-0.39, 0.29) is 18.7 Å². The van der Waals surface area contributed by atoms with Gasteiger partial charge < -0.3 is 24.6 Å². The van der Waals surface area contributed by atoms with Crippen molar-refractivity contribution in [2.24, 2.45) is 0 Å². The fourth-order valence-electron chi connectivity index (χ4n) is 4.62. The van der Waals surface area contributed by atoms with Gasteiger partial charge in [0.15, 0.2) is 6.61 Å². The summed E-state index contributed by atoms with van der Waals surface area (Å²) in [6.07, 6.45) is 5.48. The molecule has 3 N–H and O–H groups in total. The van der Waals surface area contributed by atoms with Gasteiger partial charge in [0.1, 0.15) is 17.4 Å². The van der Waals surface area contributed by atoms with Crippen LogP contribution in [0.5, 0.6) is 5.75 Å². The standard InChI is InChI=1S/C26H24N2O6/c29-24(28-22(25(30)31)11-15-13-27-21-8-4-3-5-17(15)21)14-33-16-9-10-19-18-6-1-2-7-20(18)26(32)34-23(19)12-16/h3-5,8-10,12-13,22,27H,1-2,6-7,11,14H2,(H,28,29)(H,30,31)/t22-/m0/s1. The number of nitrogens with one attached hydrogen (secondary N) is 2. The van der Waals surface area contributed by atoms with Gasteiger partial charge >= 0.3 is 11.6 Å². The largest absolute Gasteiger partial charge is 0.484 e. The van der Waals surface area contributed by atoms with E-state index in [1.54, 1.807) is 18.3 Å². The summed E-state index contributed by atoms with van der Waals surface area (Å²) in [6.45, 7) is -0.363. The van der Waals surface area contributed by atoms with Gasteiger partial charge in [-0.2, -0.15) is 0 Å². The number of carboxylic acid groups (broad SMARTS) is 1. The first-order valence-electron chi connectivity index (χ1n) is 11.3. The molecule has 2 aromatic carbocycles. The molecule has 0 spiro atoms. The number of benzene rings is 2. The van der Waals surface area contributed by atoms with Crippen molar-refractivity contribution in [1.82, 2.24) is 10.3 Å². The van der Waals surface area contributed by atoms with E-state index >= 15 is 0 Å². The van der Waals surface area contributed by atoms with Crippen LogP contribution >= 0.6 is 0 Å². The SMILES string of the molecule is O=C(COc1ccc2c3c(c(=O)oc2c1)CCCC3)N[C@@H](Cc1c[nH]c2ccccc12)C(=O)O. The Balaban J connectivity index is 1.26. The van der Waals surface area contributed by atoms with Crippen LogP contribution in [0.1, 0.15) is 29.5 Å². The molecule has 8 nitrogen and oxygen atoms in total. The minimum absolute atomic E-state index is 0.136. The Morgan fingerprint density at radius 2 is 1.88 bits per heavy atom. The summed E-state index contributed by atoms with van der Waals surface area (Å²) < 4.78 is 11.1. The average Bonchev–Trinajstić information content (AvgIpc) is 3.25. The number of amides is 1. The van der Waals surface area contributed by atoms with Crippen LogP contribution in [0, 0.1) is 0 Å². The normalized spacial score (nSPS) is 14.0. The van der Waals surface area contributed by atoms with Gasteiger partial charge in [-0.15, -0.1) is 0 Å². The smallest absolute Gasteiger partial charge is 0.339 e. The number of aromatic nitrogens is 1. The number of H-pyrrole nitrogens is 1. The van der Waals surface area contributed by atoms with E-state index in [1.807, 2.05) is 30.3 Å². The van der Waals surface area contributed by atoms with E-state index in [4.69, 9.17) is 9.15 Å². The van der Waals surface area contributed by atoms with Crippen LogP contribution in [0.2, 0.25) is 0 Å². The molecule has 0 radical (unpaired) electrons. The lowest BCUT2D eigenvalue weighted by Gasteiger charge is -2.17. The predicted octanol–water partition coefficient (Wildman–Crippen LogP) is 3.34. The fraction of sp³-hybridized carbons (Fsp3) is 0.269. The number of hydrogen-bond acceptors (Lipinski definition) is 5. The van der Waals surface area contributed by atoms with Crippen LogP contribution in [0.3, 0.4) is 0 Å². The summed E-state index contributed by atoms with van der Waals surface area (Å²) in [5.41, 5.74) is 3.59. The fourth-order valence-corrected chi connectivity index (χ4v) is 4.62. The van der Waals surface area contributed by atoms with E-state index in [0.717, 1.165) is 58.7 Å². The molecule has 2 heterocycles. The topological polar surface area (TPSA) is 122 Å². The molecule has 1 aliphatic rings. The summed E-state index contributed by atoms with van der Waals surface area (Å²) in [7, 11) is 0. The summed E-state index contributed by atoms with van der Waals surface area (Å²) in [5.74, 6) is -1.32. The monoisotopic (exact) mass is 460 g/mol. The molecule has 1 amide bonds. The molecule has 0 fully saturated rings. The number of carbonyl (C=O) groups is 2. The number of para-hydroxylation sites is 1. The Morgan fingerprint density at radius 3 is 2.71 bits per heavy atom. The third kappa shape index (κ3) is 4.26. The van der Waals surface area contributed by atoms with Crippen molar-refractivity contribution in [3.63, 3.8) is 0 Å². The highest BCUT2D eigenvalue weighted by atomic mass is 16.5. The molecule has 0 saturated heterocycles. The molecule has 0 unspecified atom stereocenters. The van der Waals surface area contributed by atoms with Crippen LogP contribution in [-0.4, -0.2) is 34.6 Å². The summed E-state index contributed by atoms with van der Waals surface area (Å²) >= 11 is 0. The molecule has 4 aromatic rings. The number of hydrogen-bond donors (Lipinski definition) is 3. The van der Waals surface area contributed by atoms with E-state index in [2.05, 4.69) is 10.3 Å². The second-order valence-electron chi connectivity index (χ2n) is 8.52. The van der Waals surface area contributed by atoms with Gasteiger partial charge in [-0.3, -0.25) is 4.79 Å². The number of carboxylic acids is 1. The number of ether oxygens (including phenoxy) is 1. The highest BCUT2D eigenvalue weighted by Crippen LogP contribution is 2.29. The van der Waals surface area contributed by atoms with Gasteiger partial charge in [0.2, 0.25) is 0 Å². The van der Waals surface area contributed by atoms with Crippen LogP contribution < -0.4 is 15.7 Å². The summed E-state index contributed by atoms with van der Waals surface area (Å²) in [4.78, 5) is 39.6. The molecule has 0 bridgehead atoms. The molecule has 5 rings (SSSR count). The molecule has 1 aliphatic carbocycles. The van der Waals surface area contributed by atoms with Crippen molar-refractivity contribution in [1.29, 1.82) is 0 Å². The van der Waals surface area contributed by atoms with Crippen LogP contribution in [0.4, 0.5) is 0 Å². The first-order valence-corrected chi connectivity index (χ1v) is 11.3. The van der Waals surface area contributed by atoms with Gasteiger partial charge in [0.05, 0.1) is 0 Å². The Morgan fingerprint density at radius 1 is 1.09 bits per heavy atom. The first kappa shape index (κ1) is 21.8. The molecule has 0 aliphatic heterocycles. The zero-order chi connectivity index (χ0) is 23.7. The lowest BCUT2D eigenvalue weighted by Crippen LogP contribution is -2.44. The number of aryl methyl sites for hydroxylation is 1. The number of rotatable bonds is 7. The zero-order valence-electron chi connectivity index (χ0n) is 18.4. The van der Waals surface area contributed by atoms with Crippen LogP contribution in [0.15, 0.2) is 57.9 Å². The predicted molar refractivity (Wildman–Crippen MR) is 126 cm³/mol. The van der Waals surface area contributed by atoms with Gasteiger partial charge in [-0.1, -0.05) is 18.2 Å². The van der Waals surface area contributed by atoms with Crippen molar-refractivity contribution in [3.8, 4) is 5.75 Å². The first-order chi connectivity index (χ1) is 16.5. The minimum Gasteiger partial charge on any atom is -0.484 e. The van der Waals surface area contributed by atoms with Gasteiger partial charge in [0, 0.05) is 40.5 Å². The highest BCUT2D eigenvalue weighted by Gasteiger charge is 2.22. The Bertz CT molecular complexity index is 1450. The maximum atomic E-state index is 12.5. The number of aromatic amines is 1.